The molecular formula is C15H19N3O3. The van der Waals surface area contributed by atoms with E-state index in [1.807, 2.05) is 32.0 Å². The van der Waals surface area contributed by atoms with E-state index in [0.29, 0.717) is 17.5 Å². The van der Waals surface area contributed by atoms with Gasteiger partial charge in [-0.25, -0.2) is 0 Å². The van der Waals surface area contributed by atoms with Crippen LogP contribution in [0.3, 0.4) is 0 Å². The summed E-state index contributed by atoms with van der Waals surface area (Å²) in [5.41, 5.74) is 2.31. The quantitative estimate of drug-likeness (QED) is 0.911. The van der Waals surface area contributed by atoms with Crippen molar-refractivity contribution in [2.75, 3.05) is 0 Å². The highest BCUT2D eigenvalue weighted by Gasteiger charge is 2.15. The second-order valence-corrected chi connectivity index (χ2v) is 4.95. The third-order valence-corrected chi connectivity index (χ3v) is 3.15. The number of aromatic nitrogens is 2. The van der Waals surface area contributed by atoms with Gasteiger partial charge in [0.1, 0.15) is 5.75 Å². The van der Waals surface area contributed by atoms with Gasteiger partial charge in [-0.15, -0.1) is 0 Å². The van der Waals surface area contributed by atoms with Crippen LogP contribution >= 0.6 is 0 Å². The lowest BCUT2D eigenvalue weighted by Crippen LogP contribution is -2.36. The van der Waals surface area contributed by atoms with E-state index < -0.39 is 6.10 Å². The largest absolute Gasteiger partial charge is 0.481 e. The molecule has 0 unspecified atom stereocenters. The maximum atomic E-state index is 12.0. The Morgan fingerprint density at radius 3 is 2.71 bits per heavy atom. The van der Waals surface area contributed by atoms with Gasteiger partial charge in [-0.05, 0) is 44.0 Å². The Kier molecular flexibility index (Phi) is 4.57. The van der Waals surface area contributed by atoms with Crippen LogP contribution in [0.15, 0.2) is 22.7 Å². The molecule has 6 heteroatoms. The van der Waals surface area contributed by atoms with Crippen molar-refractivity contribution < 1.29 is 14.1 Å². The monoisotopic (exact) mass is 289 g/mol. The fourth-order valence-electron chi connectivity index (χ4n) is 1.77. The zero-order valence-corrected chi connectivity index (χ0v) is 12.6. The average Bonchev–Trinajstić information content (AvgIpc) is 2.86. The van der Waals surface area contributed by atoms with E-state index in [1.54, 1.807) is 13.8 Å². The highest BCUT2D eigenvalue weighted by molar-refractivity contribution is 5.80. The zero-order valence-electron chi connectivity index (χ0n) is 12.6. The third-order valence-electron chi connectivity index (χ3n) is 3.15. The van der Waals surface area contributed by atoms with E-state index in [0.717, 1.165) is 5.56 Å². The molecule has 2 aromatic rings. The molecule has 1 atom stereocenters. The Morgan fingerprint density at radius 1 is 1.33 bits per heavy atom. The number of aryl methyl sites for hydroxylation is 3. The molecule has 1 N–H and O–H groups in total. The van der Waals surface area contributed by atoms with Crippen molar-refractivity contribution in [3.8, 4) is 5.75 Å². The van der Waals surface area contributed by atoms with Crippen molar-refractivity contribution >= 4 is 5.91 Å². The number of rotatable bonds is 5. The maximum Gasteiger partial charge on any atom is 0.261 e. The van der Waals surface area contributed by atoms with Gasteiger partial charge in [0.15, 0.2) is 11.9 Å². The van der Waals surface area contributed by atoms with E-state index in [2.05, 4.69) is 15.5 Å². The topological polar surface area (TPSA) is 77.2 Å². The highest BCUT2D eigenvalue weighted by Crippen LogP contribution is 2.17. The molecule has 112 valence electrons. The van der Waals surface area contributed by atoms with Gasteiger partial charge in [-0.3, -0.25) is 4.79 Å². The molecule has 0 radical (unpaired) electrons. The van der Waals surface area contributed by atoms with E-state index in [4.69, 9.17) is 9.26 Å². The Balaban J connectivity index is 1.88. The van der Waals surface area contributed by atoms with Crippen molar-refractivity contribution in [3.05, 3.63) is 41.0 Å². The second kappa shape index (κ2) is 6.39. The summed E-state index contributed by atoms with van der Waals surface area (Å²) in [5.74, 6) is 1.37. The number of nitrogens with zero attached hydrogens (tertiary/aromatic N) is 2. The molecule has 0 spiro atoms. The first-order valence-electron chi connectivity index (χ1n) is 6.76. The summed E-state index contributed by atoms with van der Waals surface area (Å²) in [6.45, 7) is 7.65. The van der Waals surface area contributed by atoms with Gasteiger partial charge >= 0.3 is 0 Å². The number of carbonyl (C=O) groups is 1. The average molecular weight is 289 g/mol. The molecule has 0 bridgehead atoms. The lowest BCUT2D eigenvalue weighted by Gasteiger charge is -2.15. The van der Waals surface area contributed by atoms with Crippen LogP contribution in [0.1, 0.15) is 29.8 Å². The number of hydrogen-bond donors (Lipinski definition) is 1. The summed E-state index contributed by atoms with van der Waals surface area (Å²) < 4.78 is 10.5. The highest BCUT2D eigenvalue weighted by atomic mass is 16.5. The van der Waals surface area contributed by atoms with Crippen molar-refractivity contribution in [1.82, 2.24) is 15.5 Å². The maximum absolute atomic E-state index is 12.0. The van der Waals surface area contributed by atoms with Gasteiger partial charge < -0.3 is 14.6 Å². The fraction of sp³-hybridized carbons (Fsp3) is 0.400. The Bertz CT molecular complexity index is 637. The summed E-state index contributed by atoms with van der Waals surface area (Å²) in [7, 11) is 0. The molecule has 1 heterocycles. The van der Waals surface area contributed by atoms with Crippen molar-refractivity contribution in [1.29, 1.82) is 0 Å². The minimum atomic E-state index is -0.597. The van der Waals surface area contributed by atoms with E-state index >= 15 is 0 Å². The van der Waals surface area contributed by atoms with Crippen molar-refractivity contribution in [2.24, 2.45) is 0 Å². The summed E-state index contributed by atoms with van der Waals surface area (Å²) in [4.78, 5) is 16.0. The van der Waals surface area contributed by atoms with Crippen LogP contribution in [0.5, 0.6) is 5.75 Å². The van der Waals surface area contributed by atoms with Gasteiger partial charge in [0, 0.05) is 6.92 Å². The minimum absolute atomic E-state index is 0.219. The number of nitrogens with one attached hydrogen (secondary N) is 1. The molecule has 6 nitrogen and oxygen atoms in total. The van der Waals surface area contributed by atoms with Gasteiger partial charge in [-0.1, -0.05) is 11.2 Å². The van der Waals surface area contributed by atoms with Crippen molar-refractivity contribution in [2.45, 2.75) is 40.3 Å². The summed E-state index contributed by atoms with van der Waals surface area (Å²) in [6, 6.07) is 5.74. The molecule has 2 rings (SSSR count). The van der Waals surface area contributed by atoms with Gasteiger partial charge in [0.2, 0.25) is 5.89 Å². The Hall–Kier alpha value is -2.37. The van der Waals surface area contributed by atoms with Crippen LogP contribution in [0, 0.1) is 20.8 Å². The molecule has 0 aliphatic heterocycles. The molecule has 0 aliphatic carbocycles. The van der Waals surface area contributed by atoms with Crippen LogP contribution < -0.4 is 10.1 Å². The fourth-order valence-corrected chi connectivity index (χ4v) is 1.77. The van der Waals surface area contributed by atoms with Crippen LogP contribution in [0.2, 0.25) is 0 Å². The molecule has 21 heavy (non-hydrogen) atoms. The lowest BCUT2D eigenvalue weighted by molar-refractivity contribution is -0.127. The standard InChI is InChI=1S/C15H19N3O3/c1-9-5-6-13(7-10(9)2)20-11(3)15(19)16-8-14-17-12(4)21-18-14/h5-7,11H,8H2,1-4H3,(H,16,19)/t11-/m1/s1. The lowest BCUT2D eigenvalue weighted by atomic mass is 10.1. The zero-order chi connectivity index (χ0) is 15.4. The number of carbonyl (C=O) groups excluding carboxylic acids is 1. The van der Waals surface area contributed by atoms with Crippen molar-refractivity contribution in [3.63, 3.8) is 0 Å². The molecule has 0 aliphatic rings. The molecule has 1 aromatic carbocycles. The summed E-state index contributed by atoms with van der Waals surface area (Å²) >= 11 is 0. The third kappa shape index (κ3) is 4.05. The SMILES string of the molecule is Cc1nc(CNC(=O)[C@@H](C)Oc2ccc(C)c(C)c2)no1. The molecule has 0 saturated heterocycles. The van der Waals surface area contributed by atoms with Crippen LogP contribution in [0.4, 0.5) is 0 Å². The summed E-state index contributed by atoms with van der Waals surface area (Å²) in [5, 5.41) is 6.42. The number of hydrogen-bond acceptors (Lipinski definition) is 5. The van der Waals surface area contributed by atoms with E-state index in [9.17, 15) is 4.79 Å². The second-order valence-electron chi connectivity index (χ2n) is 4.95. The summed E-state index contributed by atoms with van der Waals surface area (Å²) in [6.07, 6.45) is -0.597. The predicted molar refractivity (Wildman–Crippen MR) is 76.9 cm³/mol. The Labute approximate surface area is 123 Å². The number of amides is 1. The molecular weight excluding hydrogens is 270 g/mol. The van der Waals surface area contributed by atoms with Gasteiger partial charge in [0.05, 0.1) is 6.54 Å². The van der Waals surface area contributed by atoms with E-state index in [-0.39, 0.29) is 12.5 Å². The normalized spacial score (nSPS) is 12.0. The van der Waals surface area contributed by atoms with Gasteiger partial charge in [0.25, 0.3) is 5.91 Å². The van der Waals surface area contributed by atoms with E-state index in [1.165, 1.54) is 5.56 Å². The minimum Gasteiger partial charge on any atom is -0.481 e. The first-order valence-corrected chi connectivity index (χ1v) is 6.76. The molecule has 0 fully saturated rings. The Morgan fingerprint density at radius 2 is 2.10 bits per heavy atom. The van der Waals surface area contributed by atoms with Crippen LogP contribution in [-0.2, 0) is 11.3 Å². The predicted octanol–water partition coefficient (Wildman–Crippen LogP) is 2.08. The first-order chi connectivity index (χ1) is 9.95. The molecule has 1 amide bonds. The van der Waals surface area contributed by atoms with Crippen LogP contribution in [-0.4, -0.2) is 22.2 Å². The first kappa shape index (κ1) is 15.0. The molecule has 0 saturated carbocycles. The number of ether oxygens (including phenoxy) is 1. The van der Waals surface area contributed by atoms with Gasteiger partial charge in [-0.2, -0.15) is 4.98 Å². The van der Waals surface area contributed by atoms with Crippen LogP contribution in [0.25, 0.3) is 0 Å². The smallest absolute Gasteiger partial charge is 0.261 e. The molecule has 1 aromatic heterocycles. The number of benzene rings is 1.